The summed E-state index contributed by atoms with van der Waals surface area (Å²) in [7, 11) is 4.82. The van der Waals surface area contributed by atoms with Gasteiger partial charge >= 0.3 is 5.97 Å². The van der Waals surface area contributed by atoms with Crippen LogP contribution in [0.2, 0.25) is 0 Å². The Hall–Kier alpha value is -2.31. The molecule has 0 aromatic heterocycles. The number of methoxy groups -OCH3 is 3. The van der Waals surface area contributed by atoms with Crippen molar-refractivity contribution in [3.8, 4) is 0 Å². The quantitative estimate of drug-likeness (QED) is 0.228. The predicted molar refractivity (Wildman–Crippen MR) is 227 cm³/mol. The summed E-state index contributed by atoms with van der Waals surface area (Å²) in [5.41, 5.74) is 0.622. The van der Waals surface area contributed by atoms with Crippen LogP contribution >= 0.6 is 0 Å². The Labute approximate surface area is 367 Å². The fourth-order valence-corrected chi connectivity index (χ4v) is 10.7. The highest BCUT2D eigenvalue weighted by molar-refractivity contribution is 5.78. The van der Waals surface area contributed by atoms with Crippen LogP contribution in [0.1, 0.15) is 87.5 Å². The lowest BCUT2D eigenvalue weighted by Gasteiger charge is -2.48. The first kappa shape index (κ1) is 47.6. The summed E-state index contributed by atoms with van der Waals surface area (Å²) in [6.45, 7) is 16.3. The largest absolute Gasteiger partial charge is 0.462 e. The van der Waals surface area contributed by atoms with E-state index in [9.17, 15) is 15.0 Å². The number of hydrogen-bond acceptors (Lipinski definition) is 14. The van der Waals surface area contributed by atoms with Gasteiger partial charge in [0.05, 0.1) is 49.3 Å². The fourth-order valence-electron chi connectivity index (χ4n) is 10.7. The Kier molecular flexibility index (Phi) is 15.1. The molecule has 0 radical (unpaired) electrons. The zero-order chi connectivity index (χ0) is 44.7. The molecule has 14 nitrogen and oxygen atoms in total. The van der Waals surface area contributed by atoms with E-state index >= 15 is 0 Å². The van der Waals surface area contributed by atoms with E-state index in [2.05, 4.69) is 46.8 Å². The van der Waals surface area contributed by atoms with Crippen LogP contribution in [-0.2, 0) is 56.9 Å². The molecule has 0 aromatic rings. The Balaban J connectivity index is 1.19. The number of esters is 1. The van der Waals surface area contributed by atoms with Gasteiger partial charge < -0.3 is 62.3 Å². The van der Waals surface area contributed by atoms with Gasteiger partial charge in [0.15, 0.2) is 18.4 Å². The molecule has 19 atom stereocenters. The first-order valence-electron chi connectivity index (χ1n) is 22.7. The normalized spacial score (nSPS) is 47.9. The Morgan fingerprint density at radius 1 is 0.823 bits per heavy atom. The number of rotatable bonds is 8. The molecule has 1 spiro atoms. The zero-order valence-electron chi connectivity index (χ0n) is 38.5. The summed E-state index contributed by atoms with van der Waals surface area (Å²) >= 11 is 0. The van der Waals surface area contributed by atoms with Crippen molar-refractivity contribution in [1.82, 2.24) is 0 Å². The first-order chi connectivity index (χ1) is 29.5. The van der Waals surface area contributed by atoms with Crippen molar-refractivity contribution >= 4 is 5.97 Å². The smallest absolute Gasteiger partial charge is 0.316 e. The van der Waals surface area contributed by atoms with Crippen molar-refractivity contribution in [2.75, 3.05) is 27.9 Å². The lowest BCUT2D eigenvalue weighted by atomic mass is 9.70. The van der Waals surface area contributed by atoms with Gasteiger partial charge in [0.25, 0.3) is 0 Å². The monoisotopic (exact) mass is 872 g/mol. The zero-order valence-corrected chi connectivity index (χ0v) is 38.5. The van der Waals surface area contributed by atoms with Crippen LogP contribution in [0.4, 0.5) is 0 Å². The summed E-state index contributed by atoms with van der Waals surface area (Å²) in [6, 6.07) is 0. The molecule has 7 aliphatic rings. The second kappa shape index (κ2) is 19.7. The molecule has 14 heteroatoms. The van der Waals surface area contributed by atoms with Crippen molar-refractivity contribution in [3.63, 3.8) is 0 Å². The van der Waals surface area contributed by atoms with Crippen LogP contribution in [0.15, 0.2) is 59.3 Å². The third-order valence-corrected chi connectivity index (χ3v) is 14.2. The van der Waals surface area contributed by atoms with Crippen LogP contribution in [-0.4, -0.2) is 141 Å². The molecule has 7 rings (SSSR count). The average molecular weight is 873 g/mol. The van der Waals surface area contributed by atoms with E-state index in [-0.39, 0.29) is 42.7 Å². The molecule has 6 aliphatic heterocycles. The van der Waals surface area contributed by atoms with Crippen molar-refractivity contribution < 1.29 is 67.1 Å². The van der Waals surface area contributed by atoms with E-state index in [4.69, 9.17) is 52.1 Å². The topological polar surface area (TPSA) is 159 Å². The molecule has 0 amide bonds. The molecule has 348 valence electrons. The van der Waals surface area contributed by atoms with E-state index < -0.39 is 90.8 Å². The number of carbonyl (C=O) groups excluding carboxylic acids is 1. The molecular formula is C48H72O14. The number of aliphatic hydroxyl groups excluding tert-OH is 1. The lowest BCUT2D eigenvalue weighted by Crippen LogP contribution is -2.58. The number of ether oxygens (including phenoxy) is 11. The maximum Gasteiger partial charge on any atom is 0.316 e. The molecule has 0 unspecified atom stereocenters. The van der Waals surface area contributed by atoms with Crippen LogP contribution in [0, 0.1) is 23.7 Å². The number of aliphatic hydroxyl groups is 2. The van der Waals surface area contributed by atoms with Crippen molar-refractivity contribution in [2.45, 2.75) is 185 Å². The van der Waals surface area contributed by atoms with Gasteiger partial charge in [0.2, 0.25) is 0 Å². The second-order valence-corrected chi connectivity index (χ2v) is 19.0. The second-order valence-electron chi connectivity index (χ2n) is 19.0. The minimum Gasteiger partial charge on any atom is -0.462 e. The van der Waals surface area contributed by atoms with E-state index in [1.165, 1.54) is 0 Å². The standard InChI is InChI=1S/C48H72O14/c1-25(2)41-28(5)17-18-47(62-41)23-34-20-33(61-47)16-15-27(4)42(59-39-22-37(53-10)44(31(8)57-39)60-38-21-36(52-9)40(49)30(7)56-38)26(3)13-12-14-32-24-55-45-43(54-11)29(6)19-35(46(50)58-34)48(32,45)51/h12-15,17-19,25-26,28,30-31,33-45,49,51H,16,20-24H2,1-11H3/b13-12-,27-15-,32-14?/t26-,28-,30-,31-,33+,34-,35-,36-,37-,38-,39-,40-,41+,42-,43+,44-,45+,47+,48+/m0/s1. The maximum atomic E-state index is 14.4. The molecule has 4 saturated heterocycles. The van der Waals surface area contributed by atoms with Gasteiger partial charge in [-0.2, -0.15) is 0 Å². The first-order valence-corrected chi connectivity index (χ1v) is 22.7. The molecular weight excluding hydrogens is 801 g/mol. The summed E-state index contributed by atoms with van der Waals surface area (Å²) in [5, 5.41) is 23.2. The molecule has 2 N–H and O–H groups in total. The van der Waals surface area contributed by atoms with Crippen LogP contribution < -0.4 is 0 Å². The number of carbonyl (C=O) groups is 1. The lowest BCUT2D eigenvalue weighted by molar-refractivity contribution is -0.318. The molecule has 6 heterocycles. The summed E-state index contributed by atoms with van der Waals surface area (Å²) in [6.07, 6.45) is 8.94. The van der Waals surface area contributed by atoms with Crippen LogP contribution in [0.25, 0.3) is 0 Å². The maximum absolute atomic E-state index is 14.4. The SMILES string of the molecule is CO[C@H]1C[C@H](O[C@H]2[C@H](C)O[C@@H](O[C@@H]3/C(C)=C\C[C@@H]4C[C@@H](C[C@]5(C=C[C@H](C)[C@@H](C(C)C)O5)O4)OC(=O)[C@@H]4C=C(C)[C@@H](OC)[C@H]5OCC(=C/C=C\[C@@H]3C)[C@]54O)C[C@@H]2OC)O[C@@H](C)[C@@H]1O. The minimum absolute atomic E-state index is 0.0944. The number of fused-ring (bicyclic) bond motifs is 2. The van der Waals surface area contributed by atoms with Crippen molar-refractivity contribution in [2.24, 2.45) is 23.7 Å². The molecule has 62 heavy (non-hydrogen) atoms. The van der Waals surface area contributed by atoms with Gasteiger partial charge in [-0.15, -0.1) is 0 Å². The highest BCUT2D eigenvalue weighted by Gasteiger charge is 2.60. The van der Waals surface area contributed by atoms with Crippen molar-refractivity contribution in [1.29, 1.82) is 0 Å². The highest BCUT2D eigenvalue weighted by Crippen LogP contribution is 2.47. The van der Waals surface area contributed by atoms with Crippen LogP contribution in [0.3, 0.4) is 0 Å². The van der Waals surface area contributed by atoms with Crippen molar-refractivity contribution in [3.05, 3.63) is 59.3 Å². The molecule has 4 fully saturated rings. The van der Waals surface area contributed by atoms with Gasteiger partial charge in [-0.1, -0.05) is 64.2 Å². The summed E-state index contributed by atoms with van der Waals surface area (Å²) < 4.78 is 69.7. The Bertz CT molecular complexity index is 1720. The van der Waals surface area contributed by atoms with E-state index in [1.807, 2.05) is 38.2 Å². The van der Waals surface area contributed by atoms with Gasteiger partial charge in [0.1, 0.15) is 42.0 Å². The fraction of sp³-hybridized carbons (Fsp3) is 0.771. The predicted octanol–water partition coefficient (Wildman–Crippen LogP) is 5.64. The summed E-state index contributed by atoms with van der Waals surface area (Å²) in [5.74, 6) is -2.41. The number of allylic oxidation sites excluding steroid dienone is 2. The third kappa shape index (κ3) is 9.64. The van der Waals surface area contributed by atoms with Gasteiger partial charge in [-0.3, -0.25) is 4.79 Å². The third-order valence-electron chi connectivity index (χ3n) is 14.2. The van der Waals surface area contributed by atoms with Gasteiger partial charge in [-0.05, 0) is 62.8 Å². The van der Waals surface area contributed by atoms with E-state index in [0.717, 1.165) is 11.1 Å². The van der Waals surface area contributed by atoms with Gasteiger partial charge in [0, 0.05) is 58.8 Å². The molecule has 0 saturated carbocycles. The van der Waals surface area contributed by atoms with Gasteiger partial charge in [-0.25, -0.2) is 0 Å². The van der Waals surface area contributed by atoms with E-state index in [1.54, 1.807) is 34.3 Å². The minimum atomic E-state index is -1.71. The number of hydrogen-bond donors (Lipinski definition) is 2. The van der Waals surface area contributed by atoms with Crippen LogP contribution in [0.5, 0.6) is 0 Å². The summed E-state index contributed by atoms with van der Waals surface area (Å²) in [4.78, 5) is 14.4. The Morgan fingerprint density at radius 2 is 1.53 bits per heavy atom. The average Bonchev–Trinajstić information content (AvgIpc) is 3.56. The molecule has 0 aromatic carbocycles. The Morgan fingerprint density at radius 3 is 2.24 bits per heavy atom. The highest BCUT2D eigenvalue weighted by atomic mass is 16.7. The molecule has 1 aliphatic carbocycles. The van der Waals surface area contributed by atoms with E-state index in [0.29, 0.717) is 37.7 Å². The molecule has 2 bridgehead atoms.